The summed E-state index contributed by atoms with van der Waals surface area (Å²) in [6.07, 6.45) is 1.47. The largest absolute Gasteiger partial charge is 0.481 e. The Hall–Kier alpha value is -2.28. The number of ether oxygens (including phenoxy) is 1. The number of methoxy groups -OCH3 is 1. The molecule has 2 aromatic rings. The molecule has 1 aliphatic rings. The van der Waals surface area contributed by atoms with E-state index in [1.54, 1.807) is 13.2 Å². The van der Waals surface area contributed by atoms with Gasteiger partial charge in [-0.1, -0.05) is 0 Å². The number of halogens is 2. The molecule has 0 radical (unpaired) electrons. The number of aromatic nitrogens is 2. The van der Waals surface area contributed by atoms with Crippen molar-refractivity contribution in [3.63, 3.8) is 0 Å². The average Bonchev–Trinajstić information content (AvgIpc) is 2.59. The van der Waals surface area contributed by atoms with Gasteiger partial charge in [0.15, 0.2) is 0 Å². The van der Waals surface area contributed by atoms with Crippen molar-refractivity contribution in [1.82, 2.24) is 14.9 Å². The van der Waals surface area contributed by atoms with E-state index in [0.717, 1.165) is 38.1 Å². The van der Waals surface area contributed by atoms with Crippen molar-refractivity contribution in [1.29, 1.82) is 0 Å². The van der Waals surface area contributed by atoms with Gasteiger partial charge >= 0.3 is 0 Å². The molecule has 5 nitrogen and oxygen atoms in total. The highest BCUT2D eigenvalue weighted by molar-refractivity contribution is 5.41. The topological polar surface area (TPSA) is 41.5 Å². The van der Waals surface area contributed by atoms with Gasteiger partial charge in [-0.2, -0.15) is 0 Å². The summed E-state index contributed by atoms with van der Waals surface area (Å²) in [5.74, 6) is 0.565. The standard InChI is InChI=1S/C16H18F2N4O/c1-23-16-9-15(19-11-20-16)22-6-4-21(5-7-22)10-12-8-13(17)2-3-14(12)18/h2-3,8-9,11H,4-7,10H2,1H3. The Bertz CT molecular complexity index is 675. The molecule has 1 aromatic carbocycles. The highest BCUT2D eigenvalue weighted by Gasteiger charge is 2.19. The van der Waals surface area contributed by atoms with Crippen molar-refractivity contribution in [3.05, 3.63) is 47.8 Å². The van der Waals surface area contributed by atoms with Gasteiger partial charge in [0.25, 0.3) is 0 Å². The van der Waals surface area contributed by atoms with Crippen LogP contribution in [0.15, 0.2) is 30.6 Å². The predicted molar refractivity (Wildman–Crippen MR) is 82.4 cm³/mol. The first-order chi connectivity index (χ1) is 11.2. The van der Waals surface area contributed by atoms with Crippen molar-refractivity contribution >= 4 is 5.82 Å². The van der Waals surface area contributed by atoms with Crippen molar-refractivity contribution in [2.75, 3.05) is 38.2 Å². The second-order valence-corrected chi connectivity index (χ2v) is 5.42. The maximum Gasteiger partial charge on any atom is 0.218 e. The van der Waals surface area contributed by atoms with E-state index in [0.29, 0.717) is 18.0 Å². The van der Waals surface area contributed by atoms with Gasteiger partial charge in [-0.05, 0) is 18.2 Å². The van der Waals surface area contributed by atoms with Crippen LogP contribution in [0.2, 0.25) is 0 Å². The lowest BCUT2D eigenvalue weighted by Gasteiger charge is -2.35. The third-order valence-electron chi connectivity index (χ3n) is 3.93. The molecule has 2 heterocycles. The first-order valence-corrected chi connectivity index (χ1v) is 7.43. The lowest BCUT2D eigenvalue weighted by atomic mass is 10.1. The maximum atomic E-state index is 13.7. The Labute approximate surface area is 133 Å². The van der Waals surface area contributed by atoms with Crippen molar-refractivity contribution in [2.45, 2.75) is 6.54 Å². The molecule has 23 heavy (non-hydrogen) atoms. The number of piperazine rings is 1. The number of nitrogens with zero attached hydrogens (tertiary/aromatic N) is 4. The van der Waals surface area contributed by atoms with Crippen LogP contribution in [-0.4, -0.2) is 48.2 Å². The summed E-state index contributed by atoms with van der Waals surface area (Å²) in [5, 5.41) is 0. The Morgan fingerprint density at radius 2 is 1.87 bits per heavy atom. The highest BCUT2D eigenvalue weighted by atomic mass is 19.1. The first kappa shape index (κ1) is 15.6. The van der Waals surface area contributed by atoms with Crippen LogP contribution in [0.1, 0.15) is 5.56 Å². The summed E-state index contributed by atoms with van der Waals surface area (Å²) in [4.78, 5) is 12.5. The van der Waals surface area contributed by atoms with Gasteiger partial charge in [0.2, 0.25) is 5.88 Å². The molecular weight excluding hydrogens is 302 g/mol. The molecule has 122 valence electrons. The second kappa shape index (κ2) is 6.87. The molecule has 0 spiro atoms. The van der Waals surface area contributed by atoms with Gasteiger partial charge in [0.1, 0.15) is 23.8 Å². The van der Waals surface area contributed by atoms with Crippen molar-refractivity contribution < 1.29 is 13.5 Å². The van der Waals surface area contributed by atoms with E-state index in [1.165, 1.54) is 18.5 Å². The summed E-state index contributed by atoms with van der Waals surface area (Å²) in [7, 11) is 1.57. The monoisotopic (exact) mass is 320 g/mol. The maximum absolute atomic E-state index is 13.7. The Kier molecular flexibility index (Phi) is 4.66. The Balaban J connectivity index is 1.61. The molecule has 1 saturated heterocycles. The molecule has 0 aliphatic carbocycles. The number of hydrogen-bond acceptors (Lipinski definition) is 5. The fraction of sp³-hybridized carbons (Fsp3) is 0.375. The second-order valence-electron chi connectivity index (χ2n) is 5.42. The van der Waals surface area contributed by atoms with E-state index in [9.17, 15) is 8.78 Å². The zero-order valence-electron chi connectivity index (χ0n) is 12.9. The van der Waals surface area contributed by atoms with Gasteiger partial charge < -0.3 is 9.64 Å². The minimum atomic E-state index is -0.409. The van der Waals surface area contributed by atoms with Crippen molar-refractivity contribution in [2.24, 2.45) is 0 Å². The third-order valence-corrected chi connectivity index (χ3v) is 3.93. The fourth-order valence-corrected chi connectivity index (χ4v) is 2.65. The number of rotatable bonds is 4. The molecule has 0 bridgehead atoms. The summed E-state index contributed by atoms with van der Waals surface area (Å²) < 4.78 is 32.1. The van der Waals surface area contributed by atoms with Crippen LogP contribution >= 0.6 is 0 Å². The Morgan fingerprint density at radius 3 is 2.61 bits per heavy atom. The SMILES string of the molecule is COc1cc(N2CCN(Cc3cc(F)ccc3F)CC2)ncn1. The predicted octanol–water partition coefficient (Wildman–Crippen LogP) is 2.09. The summed E-state index contributed by atoms with van der Waals surface area (Å²) >= 11 is 0. The van der Waals surface area contributed by atoms with E-state index < -0.39 is 5.82 Å². The molecule has 7 heteroatoms. The number of hydrogen-bond donors (Lipinski definition) is 0. The van der Waals surface area contributed by atoms with Crippen LogP contribution in [0.4, 0.5) is 14.6 Å². The molecule has 1 aliphatic heterocycles. The van der Waals surface area contributed by atoms with Gasteiger partial charge in [-0.25, -0.2) is 18.7 Å². The van der Waals surface area contributed by atoms with Gasteiger partial charge in [-0.15, -0.1) is 0 Å². The van der Waals surface area contributed by atoms with Crippen LogP contribution in [0, 0.1) is 11.6 Å². The van der Waals surface area contributed by atoms with Crippen LogP contribution in [0.5, 0.6) is 5.88 Å². The summed E-state index contributed by atoms with van der Waals surface area (Å²) in [6.45, 7) is 3.43. The molecule has 0 N–H and O–H groups in total. The Morgan fingerprint density at radius 1 is 1.09 bits per heavy atom. The highest BCUT2D eigenvalue weighted by Crippen LogP contribution is 2.19. The summed E-state index contributed by atoms with van der Waals surface area (Å²) in [6, 6.07) is 5.37. The van der Waals surface area contributed by atoms with E-state index in [1.807, 2.05) is 0 Å². The molecule has 0 amide bonds. The first-order valence-electron chi connectivity index (χ1n) is 7.43. The number of anilines is 1. The number of benzene rings is 1. The third kappa shape index (κ3) is 3.73. The van der Waals surface area contributed by atoms with Crippen LogP contribution in [-0.2, 0) is 6.54 Å². The van der Waals surface area contributed by atoms with Crippen LogP contribution in [0.25, 0.3) is 0 Å². The lowest BCUT2D eigenvalue weighted by Crippen LogP contribution is -2.46. The smallest absolute Gasteiger partial charge is 0.218 e. The molecule has 1 fully saturated rings. The molecule has 0 saturated carbocycles. The van der Waals surface area contributed by atoms with Gasteiger partial charge in [0.05, 0.1) is 7.11 Å². The van der Waals surface area contributed by atoms with Gasteiger partial charge in [0, 0.05) is 44.4 Å². The van der Waals surface area contributed by atoms with E-state index in [2.05, 4.69) is 19.8 Å². The zero-order chi connectivity index (χ0) is 16.2. The van der Waals surface area contributed by atoms with Gasteiger partial charge in [-0.3, -0.25) is 4.90 Å². The van der Waals surface area contributed by atoms with E-state index in [-0.39, 0.29) is 5.82 Å². The minimum absolute atomic E-state index is 0.366. The van der Waals surface area contributed by atoms with E-state index in [4.69, 9.17) is 4.74 Å². The average molecular weight is 320 g/mol. The zero-order valence-corrected chi connectivity index (χ0v) is 12.9. The van der Waals surface area contributed by atoms with E-state index >= 15 is 0 Å². The minimum Gasteiger partial charge on any atom is -0.481 e. The lowest BCUT2D eigenvalue weighted by molar-refractivity contribution is 0.245. The quantitative estimate of drug-likeness (QED) is 0.863. The molecule has 3 rings (SSSR count). The van der Waals surface area contributed by atoms with Crippen LogP contribution < -0.4 is 9.64 Å². The molecule has 0 unspecified atom stereocenters. The van der Waals surface area contributed by atoms with Crippen molar-refractivity contribution in [3.8, 4) is 5.88 Å². The fourth-order valence-electron chi connectivity index (χ4n) is 2.65. The normalized spacial score (nSPS) is 15.7. The molecular formula is C16H18F2N4O. The van der Waals surface area contributed by atoms with Crippen LogP contribution in [0.3, 0.4) is 0 Å². The molecule has 0 atom stereocenters. The molecule has 1 aromatic heterocycles. The summed E-state index contributed by atoms with van der Waals surface area (Å²) in [5.41, 5.74) is 0.391.